The fourth-order valence-corrected chi connectivity index (χ4v) is 3.24. The highest BCUT2D eigenvalue weighted by molar-refractivity contribution is 9.13. The Morgan fingerprint density at radius 1 is 1.62 bits per heavy atom. The summed E-state index contributed by atoms with van der Waals surface area (Å²) in [7, 11) is 0. The first-order valence-corrected chi connectivity index (χ1v) is 7.01. The molecule has 1 rings (SSSR count). The minimum absolute atomic E-state index is 0.0649. The van der Waals surface area contributed by atoms with Gasteiger partial charge in [0.05, 0.1) is 13.5 Å². The van der Waals surface area contributed by atoms with Gasteiger partial charge in [-0.15, -0.1) is 11.3 Å². The maximum Gasteiger partial charge on any atom is 0.186 e. The van der Waals surface area contributed by atoms with Crippen LogP contribution in [0.3, 0.4) is 0 Å². The third-order valence-electron chi connectivity index (χ3n) is 1.53. The van der Waals surface area contributed by atoms with Gasteiger partial charge in [0.25, 0.3) is 0 Å². The average molecular weight is 391 g/mol. The quantitative estimate of drug-likeness (QED) is 0.543. The van der Waals surface area contributed by atoms with Gasteiger partial charge in [0, 0.05) is 4.47 Å². The van der Waals surface area contributed by atoms with Gasteiger partial charge in [-0.2, -0.15) is 0 Å². The van der Waals surface area contributed by atoms with Crippen molar-refractivity contribution in [1.82, 2.24) is 0 Å². The van der Waals surface area contributed by atoms with Crippen LogP contribution in [-0.4, -0.2) is 10.6 Å². The second kappa shape index (κ2) is 5.05. The van der Waals surface area contributed by atoms with E-state index in [1.807, 2.05) is 13.0 Å². The summed E-state index contributed by atoms with van der Waals surface area (Å²) in [6.45, 7) is 1.98. The Morgan fingerprint density at radius 3 is 2.62 bits per heavy atom. The summed E-state index contributed by atoms with van der Waals surface area (Å²) >= 11 is 11.5. The molecule has 0 fully saturated rings. The van der Waals surface area contributed by atoms with E-state index in [1.165, 1.54) is 11.3 Å². The maximum atomic E-state index is 11.7. The van der Waals surface area contributed by atoms with E-state index in [2.05, 4.69) is 47.8 Å². The number of thiophene rings is 1. The molecule has 0 saturated carbocycles. The Hall–Kier alpha value is 0.810. The summed E-state index contributed by atoms with van der Waals surface area (Å²) in [5.74, 6) is 0.152. The minimum Gasteiger partial charge on any atom is -0.292 e. The summed E-state index contributed by atoms with van der Waals surface area (Å²) in [5, 5.41) is 0. The first-order chi connectivity index (χ1) is 6.06. The molecule has 1 unspecified atom stereocenters. The third kappa shape index (κ3) is 2.88. The van der Waals surface area contributed by atoms with Gasteiger partial charge in [-0.25, -0.2) is 0 Å². The molecule has 13 heavy (non-hydrogen) atoms. The fraction of sp³-hybridized carbons (Fsp3) is 0.375. The zero-order valence-electron chi connectivity index (χ0n) is 6.81. The Bertz CT molecular complexity index is 302. The molecule has 0 radical (unpaired) electrons. The number of hydrogen-bond acceptors (Lipinski definition) is 2. The minimum atomic E-state index is -0.0649. The molecule has 0 aromatic carbocycles. The third-order valence-corrected chi connectivity index (χ3v) is 5.87. The number of hydrogen-bond donors (Lipinski definition) is 0. The number of carbonyl (C=O) groups excluding carboxylic acids is 1. The molecular formula is C8H7Br3OS. The summed E-state index contributed by atoms with van der Waals surface area (Å²) in [6, 6.07) is 1.85. The predicted molar refractivity (Wildman–Crippen MR) is 67.1 cm³/mol. The van der Waals surface area contributed by atoms with E-state index in [-0.39, 0.29) is 10.6 Å². The van der Waals surface area contributed by atoms with Gasteiger partial charge in [-0.05, 0) is 44.3 Å². The second-order valence-corrected chi connectivity index (χ2v) is 6.80. The van der Waals surface area contributed by atoms with Gasteiger partial charge in [0.2, 0.25) is 0 Å². The lowest BCUT2D eigenvalue weighted by Gasteiger charge is -2.01. The molecule has 1 aromatic rings. The summed E-state index contributed by atoms with van der Waals surface area (Å²) in [5.41, 5.74) is 0. The molecule has 0 aliphatic rings. The molecule has 1 atom stereocenters. The van der Waals surface area contributed by atoms with Gasteiger partial charge in [0.15, 0.2) is 5.78 Å². The van der Waals surface area contributed by atoms with Gasteiger partial charge in [0.1, 0.15) is 0 Å². The van der Waals surface area contributed by atoms with Crippen LogP contribution in [0.4, 0.5) is 0 Å². The van der Waals surface area contributed by atoms with E-state index in [9.17, 15) is 4.79 Å². The molecule has 0 saturated heterocycles. The van der Waals surface area contributed by atoms with Crippen LogP contribution in [0.25, 0.3) is 0 Å². The van der Waals surface area contributed by atoms with E-state index < -0.39 is 0 Å². The highest BCUT2D eigenvalue weighted by atomic mass is 79.9. The second-order valence-electron chi connectivity index (χ2n) is 2.47. The first kappa shape index (κ1) is 11.9. The topological polar surface area (TPSA) is 17.1 Å². The van der Waals surface area contributed by atoms with E-state index in [0.717, 1.165) is 19.6 Å². The van der Waals surface area contributed by atoms with Crippen molar-refractivity contribution < 1.29 is 4.79 Å². The highest BCUT2D eigenvalue weighted by Crippen LogP contribution is 2.33. The van der Waals surface area contributed by atoms with Crippen LogP contribution in [-0.2, 0) is 0 Å². The van der Waals surface area contributed by atoms with Crippen molar-refractivity contribution in [2.75, 3.05) is 0 Å². The van der Waals surface area contributed by atoms with Crippen molar-refractivity contribution in [3.05, 3.63) is 19.2 Å². The lowest BCUT2D eigenvalue weighted by Crippen LogP contribution is -2.10. The van der Waals surface area contributed by atoms with Crippen LogP contribution in [0.1, 0.15) is 23.0 Å². The van der Waals surface area contributed by atoms with Crippen molar-refractivity contribution in [3.8, 4) is 0 Å². The van der Waals surface area contributed by atoms with E-state index in [1.54, 1.807) is 0 Å². The first-order valence-electron chi connectivity index (χ1n) is 3.69. The van der Waals surface area contributed by atoms with Crippen LogP contribution < -0.4 is 0 Å². The highest BCUT2D eigenvalue weighted by Gasteiger charge is 2.18. The number of halogens is 3. The summed E-state index contributed by atoms with van der Waals surface area (Å²) in [6.07, 6.45) is 0.811. The van der Waals surface area contributed by atoms with Crippen LogP contribution in [0.5, 0.6) is 0 Å². The van der Waals surface area contributed by atoms with Crippen molar-refractivity contribution in [3.63, 3.8) is 0 Å². The monoisotopic (exact) mass is 388 g/mol. The van der Waals surface area contributed by atoms with E-state index in [0.29, 0.717) is 0 Å². The van der Waals surface area contributed by atoms with Crippen LogP contribution in [0.15, 0.2) is 14.3 Å². The van der Waals surface area contributed by atoms with Crippen molar-refractivity contribution in [2.45, 2.75) is 18.2 Å². The summed E-state index contributed by atoms with van der Waals surface area (Å²) in [4.78, 5) is 12.4. The molecule has 0 bridgehead atoms. The molecule has 0 aliphatic carbocycles. The molecule has 5 heteroatoms. The van der Waals surface area contributed by atoms with Crippen molar-refractivity contribution >= 4 is 64.9 Å². The zero-order chi connectivity index (χ0) is 10.0. The molecule has 1 nitrogen and oxygen atoms in total. The largest absolute Gasteiger partial charge is 0.292 e. The maximum absolute atomic E-state index is 11.7. The van der Waals surface area contributed by atoms with Gasteiger partial charge < -0.3 is 0 Å². The molecule has 72 valence electrons. The standard InChI is InChI=1S/C8H7Br3OS/c1-2-4(9)7(12)6-3-5(10)8(11)13-6/h3-4H,2H2,1H3. The van der Waals surface area contributed by atoms with Crippen molar-refractivity contribution in [1.29, 1.82) is 0 Å². The average Bonchev–Trinajstić information content (AvgIpc) is 2.44. The number of ketones is 1. The van der Waals surface area contributed by atoms with Gasteiger partial charge in [-0.3, -0.25) is 4.79 Å². The van der Waals surface area contributed by atoms with Gasteiger partial charge >= 0.3 is 0 Å². The fourth-order valence-electron chi connectivity index (χ4n) is 0.808. The Morgan fingerprint density at radius 2 is 2.23 bits per heavy atom. The SMILES string of the molecule is CCC(Br)C(=O)c1cc(Br)c(Br)s1. The predicted octanol–water partition coefficient (Wildman–Crippen LogP) is 4.63. The lowest BCUT2D eigenvalue weighted by molar-refractivity contribution is 0.0994. The molecule has 0 amide bonds. The molecular weight excluding hydrogens is 384 g/mol. The van der Waals surface area contributed by atoms with E-state index in [4.69, 9.17) is 0 Å². The van der Waals surface area contributed by atoms with Crippen LogP contribution >= 0.6 is 59.1 Å². The van der Waals surface area contributed by atoms with Crippen molar-refractivity contribution in [2.24, 2.45) is 0 Å². The molecule has 1 heterocycles. The molecule has 1 aromatic heterocycles. The Balaban J connectivity index is 2.89. The Kier molecular flexibility index (Phi) is 4.62. The van der Waals surface area contributed by atoms with E-state index >= 15 is 0 Å². The smallest absolute Gasteiger partial charge is 0.186 e. The van der Waals surface area contributed by atoms with Crippen LogP contribution in [0.2, 0.25) is 0 Å². The Labute approximate surface area is 106 Å². The van der Waals surface area contributed by atoms with Crippen LogP contribution in [0, 0.1) is 0 Å². The molecule has 0 aliphatic heterocycles. The number of rotatable bonds is 3. The number of alkyl halides is 1. The molecule has 0 spiro atoms. The lowest BCUT2D eigenvalue weighted by atomic mass is 10.2. The van der Waals surface area contributed by atoms with Gasteiger partial charge in [-0.1, -0.05) is 22.9 Å². The summed E-state index contributed by atoms with van der Waals surface area (Å²) < 4.78 is 1.91. The molecule has 0 N–H and O–H groups in total. The normalized spacial score (nSPS) is 12.9. The zero-order valence-corrected chi connectivity index (χ0v) is 12.4. The number of Topliss-reactive ketones (excluding diaryl/α,β-unsaturated/α-hetero) is 1. The number of carbonyl (C=O) groups is 1.